The maximum absolute atomic E-state index is 13.5. The van der Waals surface area contributed by atoms with Gasteiger partial charge in [-0.15, -0.1) is 11.3 Å². The number of benzene rings is 3. The second kappa shape index (κ2) is 13.7. The molecule has 0 spiro atoms. The Morgan fingerprint density at radius 2 is 1.34 bits per heavy atom. The van der Waals surface area contributed by atoms with E-state index in [0.717, 1.165) is 80.9 Å². The average Bonchev–Trinajstić information content (AvgIpc) is 3.36. The van der Waals surface area contributed by atoms with Gasteiger partial charge in [0.15, 0.2) is 4.34 Å². The van der Waals surface area contributed by atoms with Crippen LogP contribution in [0.15, 0.2) is 77.1 Å². The quantitative estimate of drug-likeness (QED) is 0.133. The Bertz CT molecular complexity index is 1190. The first-order chi connectivity index (χ1) is 18.6. The van der Waals surface area contributed by atoms with Gasteiger partial charge in [0.25, 0.3) is 0 Å². The van der Waals surface area contributed by atoms with Crippen LogP contribution in [-0.2, 0) is 0 Å². The molecule has 4 aromatic rings. The van der Waals surface area contributed by atoms with Crippen LogP contribution < -0.4 is 0 Å². The number of unbranched alkanes of at least 4 members (excludes halogenated alkanes) is 2. The van der Waals surface area contributed by atoms with Gasteiger partial charge in [-0.1, -0.05) is 61.0 Å². The summed E-state index contributed by atoms with van der Waals surface area (Å²) in [6, 6.07) is 21.9. The van der Waals surface area contributed by atoms with E-state index in [1.54, 1.807) is 11.3 Å². The van der Waals surface area contributed by atoms with E-state index in [0.29, 0.717) is 0 Å². The zero-order chi connectivity index (χ0) is 26.2. The maximum atomic E-state index is 13.5. The molecule has 1 aliphatic heterocycles. The summed E-state index contributed by atoms with van der Waals surface area (Å²) >= 11 is 3.67. The van der Waals surface area contributed by atoms with E-state index in [9.17, 15) is 8.78 Å². The number of fused-ring (bicyclic) bond motifs is 1. The highest BCUT2D eigenvalue weighted by Crippen LogP contribution is 2.31. The zero-order valence-electron chi connectivity index (χ0n) is 21.7. The molecule has 0 N–H and O–H groups in total. The van der Waals surface area contributed by atoms with Gasteiger partial charge in [0.1, 0.15) is 11.6 Å². The van der Waals surface area contributed by atoms with Gasteiger partial charge in [-0.2, -0.15) is 0 Å². The minimum atomic E-state index is -0.223. The lowest BCUT2D eigenvalue weighted by Crippen LogP contribution is -2.47. The average molecular weight is 552 g/mol. The Hall–Kier alpha value is -2.32. The van der Waals surface area contributed by atoms with E-state index in [2.05, 4.69) is 34.1 Å². The van der Waals surface area contributed by atoms with Crippen LogP contribution in [-0.4, -0.2) is 59.8 Å². The maximum Gasteiger partial charge on any atom is 0.151 e. The number of nitrogens with zero attached hydrogens (tertiary/aromatic N) is 3. The molecule has 5 rings (SSSR count). The SMILES string of the molecule is Fc1ccc(C(CCCCCN2CCN(CCSc3nc4ccccc4s3)CC2)c2ccc(F)cc2)cc1. The van der Waals surface area contributed by atoms with Crippen molar-refractivity contribution in [3.8, 4) is 0 Å². The summed E-state index contributed by atoms with van der Waals surface area (Å²) < 4.78 is 29.4. The summed E-state index contributed by atoms with van der Waals surface area (Å²) in [6.45, 7) is 6.81. The van der Waals surface area contributed by atoms with Crippen molar-refractivity contribution in [2.24, 2.45) is 0 Å². The molecule has 0 aliphatic carbocycles. The van der Waals surface area contributed by atoms with E-state index in [-0.39, 0.29) is 17.6 Å². The first-order valence-electron chi connectivity index (χ1n) is 13.6. The van der Waals surface area contributed by atoms with Crippen molar-refractivity contribution in [1.82, 2.24) is 14.8 Å². The smallest absolute Gasteiger partial charge is 0.151 e. The number of para-hydroxylation sites is 1. The van der Waals surface area contributed by atoms with Crippen molar-refractivity contribution < 1.29 is 8.78 Å². The van der Waals surface area contributed by atoms with Crippen molar-refractivity contribution in [1.29, 1.82) is 0 Å². The summed E-state index contributed by atoms with van der Waals surface area (Å²) in [7, 11) is 0. The van der Waals surface area contributed by atoms with Gasteiger partial charge in [-0.25, -0.2) is 13.8 Å². The summed E-state index contributed by atoms with van der Waals surface area (Å²) in [6.07, 6.45) is 4.44. The number of piperazine rings is 1. The fourth-order valence-electron chi connectivity index (χ4n) is 5.19. The van der Waals surface area contributed by atoms with Crippen molar-refractivity contribution >= 4 is 33.3 Å². The molecule has 0 radical (unpaired) electrons. The molecule has 1 aromatic heterocycles. The first-order valence-corrected chi connectivity index (χ1v) is 15.4. The molecule has 0 unspecified atom stereocenters. The molecule has 38 heavy (non-hydrogen) atoms. The predicted octanol–water partition coefficient (Wildman–Crippen LogP) is 7.68. The number of thiazole rings is 1. The molecule has 200 valence electrons. The topological polar surface area (TPSA) is 19.4 Å². The second-order valence-corrected chi connectivity index (χ2v) is 12.4. The van der Waals surface area contributed by atoms with E-state index in [1.165, 1.54) is 39.7 Å². The van der Waals surface area contributed by atoms with E-state index >= 15 is 0 Å². The minimum absolute atomic E-state index is 0.167. The number of rotatable bonds is 12. The van der Waals surface area contributed by atoms with E-state index < -0.39 is 0 Å². The fraction of sp³-hybridized carbons (Fsp3) is 0.387. The highest BCUT2D eigenvalue weighted by atomic mass is 32.2. The Balaban J connectivity index is 0.993. The third-order valence-electron chi connectivity index (χ3n) is 7.38. The van der Waals surface area contributed by atoms with Crippen LogP contribution >= 0.6 is 23.1 Å². The highest BCUT2D eigenvalue weighted by molar-refractivity contribution is 8.01. The van der Waals surface area contributed by atoms with Crippen LogP contribution in [0.1, 0.15) is 42.7 Å². The van der Waals surface area contributed by atoms with Crippen LogP contribution in [0.5, 0.6) is 0 Å². The lowest BCUT2D eigenvalue weighted by molar-refractivity contribution is 0.136. The number of thioether (sulfide) groups is 1. The Morgan fingerprint density at radius 3 is 1.97 bits per heavy atom. The van der Waals surface area contributed by atoms with E-state index in [4.69, 9.17) is 4.98 Å². The summed E-state index contributed by atoms with van der Waals surface area (Å²) in [5, 5.41) is 0. The lowest BCUT2D eigenvalue weighted by Gasteiger charge is -2.34. The van der Waals surface area contributed by atoms with Crippen LogP contribution in [0.3, 0.4) is 0 Å². The summed E-state index contributed by atoms with van der Waals surface area (Å²) in [5.74, 6) is 0.806. The van der Waals surface area contributed by atoms with Gasteiger partial charge in [-0.3, -0.25) is 4.90 Å². The first kappa shape index (κ1) is 27.3. The Kier molecular flexibility index (Phi) is 9.79. The second-order valence-electron chi connectivity index (χ2n) is 9.98. The third-order valence-corrected chi connectivity index (χ3v) is 9.54. The molecule has 0 atom stereocenters. The minimum Gasteiger partial charge on any atom is -0.301 e. The predicted molar refractivity (Wildman–Crippen MR) is 156 cm³/mol. The lowest BCUT2D eigenvalue weighted by atomic mass is 9.87. The molecule has 0 bridgehead atoms. The largest absolute Gasteiger partial charge is 0.301 e. The van der Waals surface area contributed by atoms with Crippen molar-refractivity contribution in [3.63, 3.8) is 0 Å². The van der Waals surface area contributed by atoms with Gasteiger partial charge in [0.2, 0.25) is 0 Å². The molecule has 0 saturated carbocycles. The van der Waals surface area contributed by atoms with Gasteiger partial charge < -0.3 is 4.90 Å². The van der Waals surface area contributed by atoms with E-state index in [1.807, 2.05) is 36.0 Å². The molecule has 2 heterocycles. The summed E-state index contributed by atoms with van der Waals surface area (Å²) in [4.78, 5) is 9.90. The van der Waals surface area contributed by atoms with Crippen LogP contribution in [0, 0.1) is 11.6 Å². The van der Waals surface area contributed by atoms with Crippen LogP contribution in [0.2, 0.25) is 0 Å². The molecule has 0 amide bonds. The Morgan fingerprint density at radius 1 is 0.737 bits per heavy atom. The van der Waals surface area contributed by atoms with Crippen molar-refractivity contribution in [2.45, 2.75) is 35.9 Å². The number of hydrogen-bond donors (Lipinski definition) is 0. The van der Waals surface area contributed by atoms with Crippen molar-refractivity contribution in [2.75, 3.05) is 45.0 Å². The fourth-order valence-corrected chi connectivity index (χ4v) is 7.33. The number of aromatic nitrogens is 1. The van der Waals surface area contributed by atoms with Gasteiger partial charge >= 0.3 is 0 Å². The number of halogens is 2. The summed E-state index contributed by atoms with van der Waals surface area (Å²) in [5.41, 5.74) is 3.29. The van der Waals surface area contributed by atoms with Gasteiger partial charge in [0.05, 0.1) is 10.2 Å². The molecule has 1 fully saturated rings. The highest BCUT2D eigenvalue weighted by Gasteiger charge is 2.17. The molecule has 3 aromatic carbocycles. The standard InChI is InChI=1S/C31H35F2N3S2/c32-26-13-9-24(10-14-26)28(25-11-15-27(33)16-12-25)6-2-1-5-17-35-18-20-36(21-19-35)22-23-37-31-34-29-7-3-4-8-30(29)38-31/h3-4,7-16,28H,1-2,5-6,17-23H2. The molecular formula is C31H35F2N3S2. The normalized spacial score (nSPS) is 15.0. The monoisotopic (exact) mass is 551 g/mol. The molecule has 7 heteroatoms. The molecular weight excluding hydrogens is 516 g/mol. The van der Waals surface area contributed by atoms with Crippen LogP contribution in [0.25, 0.3) is 10.2 Å². The van der Waals surface area contributed by atoms with Gasteiger partial charge in [-0.05, 0) is 66.9 Å². The van der Waals surface area contributed by atoms with Crippen LogP contribution in [0.4, 0.5) is 8.78 Å². The van der Waals surface area contributed by atoms with Gasteiger partial charge in [0, 0.05) is 44.4 Å². The molecule has 1 saturated heterocycles. The number of hydrogen-bond acceptors (Lipinski definition) is 5. The molecule has 3 nitrogen and oxygen atoms in total. The molecule has 1 aliphatic rings. The Labute approximate surface area is 232 Å². The van der Waals surface area contributed by atoms with Crippen molar-refractivity contribution in [3.05, 3.63) is 95.6 Å². The third kappa shape index (κ3) is 7.63. The zero-order valence-corrected chi connectivity index (χ0v) is 23.3.